The highest BCUT2D eigenvalue weighted by Gasteiger charge is 2.21. The third-order valence-corrected chi connectivity index (χ3v) is 4.90. The average molecular weight is 330 g/mol. The van der Waals surface area contributed by atoms with E-state index in [4.69, 9.17) is 14.5 Å². The van der Waals surface area contributed by atoms with E-state index in [1.165, 1.54) is 5.56 Å². The van der Waals surface area contributed by atoms with Gasteiger partial charge in [0.15, 0.2) is 6.29 Å². The van der Waals surface area contributed by atoms with E-state index in [0.29, 0.717) is 0 Å². The van der Waals surface area contributed by atoms with E-state index in [1.54, 1.807) is 0 Å². The number of aryl methyl sites for hydroxylation is 1. The maximum Gasteiger partial charge on any atom is 0.159 e. The molecule has 0 bridgehead atoms. The zero-order valence-electron chi connectivity index (χ0n) is 14.3. The number of imidazole rings is 1. The van der Waals surface area contributed by atoms with Crippen LogP contribution in [-0.4, -0.2) is 72.0 Å². The lowest BCUT2D eigenvalue weighted by Crippen LogP contribution is -2.46. The van der Waals surface area contributed by atoms with Crippen molar-refractivity contribution in [3.63, 3.8) is 0 Å². The molecule has 2 aromatic rings. The number of nitrogens with zero attached hydrogens (tertiary/aromatic N) is 3. The number of aromatic amines is 1. The standard InChI is InChI=1S/C18H26N4O2/c1-14-2-3-15-16(12-14)20-17(19-15)13-22-8-6-21(7-9-22)5-4-18-23-10-11-24-18/h2-3,12,18H,4-11,13H2,1H3,(H,19,20). The van der Waals surface area contributed by atoms with Crippen LogP contribution in [0.4, 0.5) is 0 Å². The quantitative estimate of drug-likeness (QED) is 0.905. The Bertz CT molecular complexity index is 673. The summed E-state index contributed by atoms with van der Waals surface area (Å²) in [6, 6.07) is 6.37. The summed E-state index contributed by atoms with van der Waals surface area (Å²) in [4.78, 5) is 13.1. The summed E-state index contributed by atoms with van der Waals surface area (Å²) >= 11 is 0. The molecule has 2 saturated heterocycles. The molecule has 2 fully saturated rings. The Balaban J connectivity index is 1.26. The first kappa shape index (κ1) is 16.0. The molecule has 0 saturated carbocycles. The summed E-state index contributed by atoms with van der Waals surface area (Å²) in [7, 11) is 0. The predicted molar refractivity (Wildman–Crippen MR) is 92.9 cm³/mol. The number of nitrogens with one attached hydrogen (secondary N) is 1. The molecule has 0 atom stereocenters. The SMILES string of the molecule is Cc1ccc2nc(CN3CCN(CCC4OCCO4)CC3)[nH]c2c1. The van der Waals surface area contributed by atoms with Gasteiger partial charge in [-0.3, -0.25) is 4.90 Å². The molecule has 24 heavy (non-hydrogen) atoms. The molecule has 0 amide bonds. The number of hydrogen-bond donors (Lipinski definition) is 1. The predicted octanol–water partition coefficient (Wildman–Crippen LogP) is 1.75. The summed E-state index contributed by atoms with van der Waals surface area (Å²) in [6.07, 6.45) is 0.991. The first-order valence-electron chi connectivity index (χ1n) is 8.89. The largest absolute Gasteiger partial charge is 0.350 e. The first-order valence-corrected chi connectivity index (χ1v) is 8.89. The van der Waals surface area contributed by atoms with E-state index in [9.17, 15) is 0 Å². The zero-order chi connectivity index (χ0) is 16.4. The molecule has 0 aliphatic carbocycles. The van der Waals surface area contributed by atoms with E-state index >= 15 is 0 Å². The fourth-order valence-corrected chi connectivity index (χ4v) is 3.50. The van der Waals surface area contributed by atoms with Crippen molar-refractivity contribution in [3.8, 4) is 0 Å². The van der Waals surface area contributed by atoms with Gasteiger partial charge in [-0.15, -0.1) is 0 Å². The summed E-state index contributed by atoms with van der Waals surface area (Å²) in [5.41, 5.74) is 3.47. The van der Waals surface area contributed by atoms with Crippen LogP contribution in [-0.2, 0) is 16.0 Å². The summed E-state index contributed by atoms with van der Waals surface area (Å²) < 4.78 is 11.0. The number of H-pyrrole nitrogens is 1. The molecule has 3 heterocycles. The van der Waals surface area contributed by atoms with Crippen LogP contribution >= 0.6 is 0 Å². The Morgan fingerprint density at radius 2 is 1.88 bits per heavy atom. The molecular formula is C18H26N4O2. The van der Waals surface area contributed by atoms with E-state index in [-0.39, 0.29) is 6.29 Å². The molecule has 2 aliphatic rings. The summed E-state index contributed by atoms with van der Waals surface area (Å²) in [5, 5.41) is 0. The highest BCUT2D eigenvalue weighted by atomic mass is 16.7. The van der Waals surface area contributed by atoms with Crippen molar-refractivity contribution in [2.45, 2.75) is 26.2 Å². The van der Waals surface area contributed by atoms with Crippen LogP contribution in [0.3, 0.4) is 0 Å². The smallest absolute Gasteiger partial charge is 0.159 e. The van der Waals surface area contributed by atoms with Gasteiger partial charge in [0.1, 0.15) is 5.82 Å². The lowest BCUT2D eigenvalue weighted by atomic mass is 10.2. The number of piperazine rings is 1. The molecule has 1 aromatic heterocycles. The molecule has 4 rings (SSSR count). The number of ether oxygens (including phenoxy) is 2. The van der Waals surface area contributed by atoms with Crippen LogP contribution in [0.25, 0.3) is 11.0 Å². The minimum Gasteiger partial charge on any atom is -0.350 e. The normalized spacial score (nSPS) is 21.0. The highest BCUT2D eigenvalue weighted by molar-refractivity contribution is 5.75. The van der Waals surface area contributed by atoms with Crippen molar-refractivity contribution >= 4 is 11.0 Å². The molecule has 0 spiro atoms. The summed E-state index contributed by atoms with van der Waals surface area (Å²) in [6.45, 7) is 9.94. The van der Waals surface area contributed by atoms with Crippen molar-refractivity contribution < 1.29 is 9.47 Å². The van der Waals surface area contributed by atoms with Gasteiger partial charge in [-0.1, -0.05) is 6.07 Å². The Kier molecular flexibility index (Phi) is 4.80. The second-order valence-corrected chi connectivity index (χ2v) is 6.78. The van der Waals surface area contributed by atoms with Gasteiger partial charge in [-0.05, 0) is 24.6 Å². The lowest BCUT2D eigenvalue weighted by Gasteiger charge is -2.34. The first-order chi connectivity index (χ1) is 11.8. The molecule has 6 nitrogen and oxygen atoms in total. The van der Waals surface area contributed by atoms with Crippen LogP contribution < -0.4 is 0 Å². The Morgan fingerprint density at radius 1 is 1.12 bits per heavy atom. The number of aromatic nitrogens is 2. The van der Waals surface area contributed by atoms with Gasteiger partial charge in [0.25, 0.3) is 0 Å². The average Bonchev–Trinajstić information content (AvgIpc) is 3.23. The number of hydrogen-bond acceptors (Lipinski definition) is 5. The lowest BCUT2D eigenvalue weighted by molar-refractivity contribution is -0.0533. The highest BCUT2D eigenvalue weighted by Crippen LogP contribution is 2.15. The third-order valence-electron chi connectivity index (χ3n) is 4.90. The van der Waals surface area contributed by atoms with Crippen LogP contribution in [0.2, 0.25) is 0 Å². The molecule has 1 N–H and O–H groups in total. The maximum absolute atomic E-state index is 5.51. The summed E-state index contributed by atoms with van der Waals surface area (Å²) in [5.74, 6) is 1.07. The van der Waals surface area contributed by atoms with E-state index in [2.05, 4.69) is 39.9 Å². The van der Waals surface area contributed by atoms with Crippen LogP contribution in [0, 0.1) is 6.92 Å². The Hall–Kier alpha value is -1.47. The topological polar surface area (TPSA) is 53.6 Å². The number of fused-ring (bicyclic) bond motifs is 1. The fraction of sp³-hybridized carbons (Fsp3) is 0.611. The molecule has 2 aliphatic heterocycles. The maximum atomic E-state index is 5.51. The van der Waals surface area contributed by atoms with Gasteiger partial charge in [-0.2, -0.15) is 0 Å². The van der Waals surface area contributed by atoms with E-state index in [0.717, 1.165) is 75.8 Å². The van der Waals surface area contributed by atoms with Gasteiger partial charge in [-0.25, -0.2) is 4.98 Å². The molecule has 6 heteroatoms. The van der Waals surface area contributed by atoms with Crippen molar-refractivity contribution in [1.82, 2.24) is 19.8 Å². The van der Waals surface area contributed by atoms with E-state index in [1.807, 2.05) is 0 Å². The minimum absolute atomic E-state index is 0.0158. The molecule has 1 aromatic carbocycles. The van der Waals surface area contributed by atoms with Crippen LogP contribution in [0.15, 0.2) is 18.2 Å². The molecule has 0 radical (unpaired) electrons. The molecular weight excluding hydrogens is 304 g/mol. The molecule has 0 unspecified atom stereocenters. The second-order valence-electron chi connectivity index (χ2n) is 6.78. The van der Waals surface area contributed by atoms with Gasteiger partial charge in [0, 0.05) is 39.1 Å². The Morgan fingerprint density at radius 3 is 2.67 bits per heavy atom. The number of benzene rings is 1. The van der Waals surface area contributed by atoms with Crippen LogP contribution in [0.1, 0.15) is 17.8 Å². The third kappa shape index (κ3) is 3.78. The molecule has 130 valence electrons. The van der Waals surface area contributed by atoms with Crippen LogP contribution in [0.5, 0.6) is 0 Å². The van der Waals surface area contributed by atoms with Crippen molar-refractivity contribution in [3.05, 3.63) is 29.6 Å². The van der Waals surface area contributed by atoms with E-state index < -0.39 is 0 Å². The second kappa shape index (κ2) is 7.19. The monoisotopic (exact) mass is 330 g/mol. The Labute approximate surface area is 142 Å². The van der Waals surface area contributed by atoms with Gasteiger partial charge in [0.05, 0.1) is 30.8 Å². The van der Waals surface area contributed by atoms with Crippen molar-refractivity contribution in [2.24, 2.45) is 0 Å². The zero-order valence-corrected chi connectivity index (χ0v) is 14.3. The van der Waals surface area contributed by atoms with Gasteiger partial charge >= 0.3 is 0 Å². The van der Waals surface area contributed by atoms with Gasteiger partial charge < -0.3 is 19.4 Å². The number of rotatable bonds is 5. The van der Waals surface area contributed by atoms with Crippen molar-refractivity contribution in [1.29, 1.82) is 0 Å². The van der Waals surface area contributed by atoms with Crippen molar-refractivity contribution in [2.75, 3.05) is 45.9 Å². The fourth-order valence-electron chi connectivity index (χ4n) is 3.50. The van der Waals surface area contributed by atoms with Gasteiger partial charge in [0.2, 0.25) is 0 Å². The minimum atomic E-state index is 0.0158.